The molecule has 5 fully saturated rings. The van der Waals surface area contributed by atoms with E-state index in [4.69, 9.17) is 15.0 Å². The van der Waals surface area contributed by atoms with Crippen molar-refractivity contribution in [3.8, 4) is 0 Å². The third kappa shape index (κ3) is 2.41. The summed E-state index contributed by atoms with van der Waals surface area (Å²) >= 11 is 0. The first-order chi connectivity index (χ1) is 13.2. The third-order valence-electron chi connectivity index (χ3n) is 9.43. The first-order valence-corrected chi connectivity index (χ1v) is 11.1. The Hall–Kier alpha value is -1.10. The van der Waals surface area contributed by atoms with Crippen LogP contribution in [0.15, 0.2) is 5.11 Å². The predicted octanol–water partition coefficient (Wildman–Crippen LogP) is 5.02. The molecule has 5 aliphatic rings. The maximum atomic E-state index is 12.8. The van der Waals surface area contributed by atoms with Crippen LogP contribution in [0.4, 0.5) is 0 Å². The quantitative estimate of drug-likeness (QED) is 0.360. The molecule has 0 bridgehead atoms. The summed E-state index contributed by atoms with van der Waals surface area (Å²) in [4.78, 5) is 15.9. The largest absolute Gasteiger partial charge is 0.344 e. The fraction of sp³-hybridized carbons (Fsp3) is 0.955. The molecule has 0 amide bonds. The van der Waals surface area contributed by atoms with Crippen LogP contribution in [-0.2, 0) is 14.3 Å². The van der Waals surface area contributed by atoms with Crippen LogP contribution >= 0.6 is 0 Å². The summed E-state index contributed by atoms with van der Waals surface area (Å²) in [6.07, 6.45) is 6.88. The van der Waals surface area contributed by atoms with Gasteiger partial charge < -0.3 is 9.47 Å². The predicted molar refractivity (Wildman–Crippen MR) is 104 cm³/mol. The molecule has 4 unspecified atom stereocenters. The van der Waals surface area contributed by atoms with Crippen LogP contribution in [0.2, 0.25) is 0 Å². The van der Waals surface area contributed by atoms with E-state index in [2.05, 4.69) is 23.9 Å². The minimum atomic E-state index is -0.590. The first kappa shape index (κ1) is 18.9. The van der Waals surface area contributed by atoms with Crippen molar-refractivity contribution in [3.05, 3.63) is 10.4 Å². The van der Waals surface area contributed by atoms with Gasteiger partial charge in [0.1, 0.15) is 5.78 Å². The van der Waals surface area contributed by atoms with Crippen molar-refractivity contribution in [2.75, 3.05) is 0 Å². The van der Waals surface area contributed by atoms with E-state index in [1.807, 2.05) is 13.8 Å². The van der Waals surface area contributed by atoms with Crippen molar-refractivity contribution in [3.63, 3.8) is 0 Å². The van der Waals surface area contributed by atoms with Crippen LogP contribution in [0.3, 0.4) is 0 Å². The Morgan fingerprint density at radius 2 is 1.75 bits per heavy atom. The van der Waals surface area contributed by atoms with Gasteiger partial charge in [0.2, 0.25) is 0 Å². The molecular weight excluding hydrogens is 354 g/mol. The molecule has 4 aliphatic carbocycles. The maximum absolute atomic E-state index is 12.8. The Bertz CT molecular complexity index is 747. The van der Waals surface area contributed by atoms with E-state index in [9.17, 15) is 4.79 Å². The highest BCUT2D eigenvalue weighted by molar-refractivity contribution is 5.87. The Morgan fingerprint density at radius 3 is 2.50 bits per heavy atom. The maximum Gasteiger partial charge on any atom is 0.163 e. The second kappa shape index (κ2) is 5.96. The van der Waals surface area contributed by atoms with Gasteiger partial charge in [-0.1, -0.05) is 19.0 Å². The zero-order valence-corrected chi connectivity index (χ0v) is 17.6. The van der Waals surface area contributed by atoms with E-state index < -0.39 is 5.79 Å². The highest BCUT2D eigenvalue weighted by Crippen LogP contribution is 2.67. The van der Waals surface area contributed by atoms with Gasteiger partial charge in [-0.05, 0) is 87.0 Å². The first-order valence-electron chi connectivity index (χ1n) is 11.1. The highest BCUT2D eigenvalue weighted by atomic mass is 16.8. The lowest BCUT2D eigenvalue weighted by Crippen LogP contribution is -2.63. The van der Waals surface area contributed by atoms with E-state index in [1.54, 1.807) is 0 Å². The van der Waals surface area contributed by atoms with Gasteiger partial charge in [-0.3, -0.25) is 4.79 Å². The minimum absolute atomic E-state index is 0.0380. The molecule has 4 saturated carbocycles. The Labute approximate surface area is 167 Å². The summed E-state index contributed by atoms with van der Waals surface area (Å²) in [5, 5.41) is 4.07. The highest BCUT2D eigenvalue weighted by Gasteiger charge is 2.68. The molecule has 154 valence electrons. The lowest BCUT2D eigenvalue weighted by Gasteiger charge is -2.62. The molecule has 0 aromatic carbocycles. The van der Waals surface area contributed by atoms with Gasteiger partial charge >= 0.3 is 0 Å². The van der Waals surface area contributed by atoms with Crippen molar-refractivity contribution < 1.29 is 14.3 Å². The van der Waals surface area contributed by atoms with E-state index in [0.717, 1.165) is 44.9 Å². The summed E-state index contributed by atoms with van der Waals surface area (Å²) in [5.41, 5.74) is 8.96. The third-order valence-corrected chi connectivity index (χ3v) is 9.43. The summed E-state index contributed by atoms with van der Waals surface area (Å²) in [5.74, 6) is 1.60. The molecule has 28 heavy (non-hydrogen) atoms. The lowest BCUT2D eigenvalue weighted by atomic mass is 9.43. The van der Waals surface area contributed by atoms with Gasteiger partial charge in [-0.2, -0.15) is 0 Å². The Kier molecular flexibility index (Phi) is 4.02. The van der Waals surface area contributed by atoms with Gasteiger partial charge in [0.15, 0.2) is 5.79 Å². The van der Waals surface area contributed by atoms with E-state index in [1.165, 1.54) is 0 Å². The summed E-state index contributed by atoms with van der Waals surface area (Å²) in [6, 6.07) is 0.0644. The average molecular weight is 388 g/mol. The molecule has 0 aromatic heterocycles. The number of carbonyl (C=O) groups is 1. The molecule has 1 saturated heterocycles. The molecule has 5 rings (SSSR count). The number of rotatable bonds is 1. The van der Waals surface area contributed by atoms with Gasteiger partial charge in [0.05, 0.1) is 12.2 Å². The van der Waals surface area contributed by atoms with Crippen LogP contribution in [0.5, 0.6) is 0 Å². The summed E-state index contributed by atoms with van der Waals surface area (Å²) in [6.45, 7) is 8.71. The standard InChI is InChI=1S/C22H33N3O3/c1-20(2)27-18-15-11-12(24-25-23)7-9-21(15,3)14-8-10-22(4)13(5-6-16(22)26)17(14)19(18)28-20/h12-15,17-19H,5-11H2,1-4H3/t12-,13?,14?,15?,17?,18-,19-,21-,22+/m1/s1. The molecule has 1 aliphatic heterocycles. The number of carbonyl (C=O) groups excluding carboxylic acids is 1. The molecular formula is C22H33N3O3. The second-order valence-electron chi connectivity index (χ2n) is 11.0. The van der Waals surface area contributed by atoms with Crippen LogP contribution in [0.1, 0.15) is 72.6 Å². The SMILES string of the molecule is CC1(C)O[C@@H]2C3C(CC[C@]4(C)C(=O)CCC34)[C@@]3(C)CC[C@@H](N=[N+]=[N-])CC3[C@H]2O1. The molecule has 0 N–H and O–H groups in total. The number of Topliss-reactive ketones (excluding diaryl/α,β-unsaturated/α-hetero) is 1. The van der Waals surface area contributed by atoms with Gasteiger partial charge in [-0.15, -0.1) is 0 Å². The number of hydrogen-bond donors (Lipinski definition) is 0. The fourth-order valence-electron chi connectivity index (χ4n) is 8.11. The fourth-order valence-corrected chi connectivity index (χ4v) is 8.11. The molecule has 0 aromatic rings. The number of ether oxygens (including phenoxy) is 2. The molecule has 9 atom stereocenters. The Balaban J connectivity index is 1.57. The van der Waals surface area contributed by atoms with Crippen molar-refractivity contribution in [1.82, 2.24) is 0 Å². The molecule has 6 heteroatoms. The molecule has 0 spiro atoms. The van der Waals surface area contributed by atoms with E-state index in [-0.39, 0.29) is 29.1 Å². The van der Waals surface area contributed by atoms with Crippen molar-refractivity contribution in [1.29, 1.82) is 0 Å². The zero-order chi connectivity index (χ0) is 19.9. The number of fused-ring (bicyclic) bond motifs is 8. The van der Waals surface area contributed by atoms with Crippen LogP contribution in [0.25, 0.3) is 10.4 Å². The number of nitrogens with zero attached hydrogens (tertiary/aromatic N) is 3. The normalized spacial score (nSPS) is 54.1. The van der Waals surface area contributed by atoms with E-state index >= 15 is 0 Å². The van der Waals surface area contributed by atoms with Crippen LogP contribution in [0, 0.1) is 34.5 Å². The Morgan fingerprint density at radius 1 is 1.00 bits per heavy atom. The van der Waals surface area contributed by atoms with Crippen LogP contribution < -0.4 is 0 Å². The second-order valence-corrected chi connectivity index (χ2v) is 11.0. The molecule has 6 nitrogen and oxygen atoms in total. The summed E-state index contributed by atoms with van der Waals surface area (Å²) in [7, 11) is 0. The van der Waals surface area contributed by atoms with Gasteiger partial charge in [-0.25, -0.2) is 0 Å². The average Bonchev–Trinajstić information content (AvgIpc) is 3.12. The minimum Gasteiger partial charge on any atom is -0.344 e. The smallest absolute Gasteiger partial charge is 0.163 e. The zero-order valence-electron chi connectivity index (χ0n) is 17.6. The lowest BCUT2D eigenvalue weighted by molar-refractivity contribution is -0.178. The van der Waals surface area contributed by atoms with E-state index in [0.29, 0.717) is 29.5 Å². The van der Waals surface area contributed by atoms with Crippen molar-refractivity contribution in [2.45, 2.75) is 96.7 Å². The molecule has 1 heterocycles. The number of azide groups is 1. The van der Waals surface area contributed by atoms with Crippen molar-refractivity contribution >= 4 is 5.78 Å². The van der Waals surface area contributed by atoms with Gasteiger partial charge in [0, 0.05) is 22.8 Å². The number of hydrogen-bond acceptors (Lipinski definition) is 4. The molecule has 0 radical (unpaired) electrons. The topological polar surface area (TPSA) is 84.3 Å². The number of ketones is 1. The monoisotopic (exact) mass is 387 g/mol. The van der Waals surface area contributed by atoms with Crippen LogP contribution in [-0.4, -0.2) is 29.8 Å². The van der Waals surface area contributed by atoms with Crippen molar-refractivity contribution in [2.24, 2.45) is 39.6 Å². The van der Waals surface area contributed by atoms with Gasteiger partial charge in [0.25, 0.3) is 0 Å². The summed E-state index contributed by atoms with van der Waals surface area (Å²) < 4.78 is 13.1.